The molecular formula is C11H15ClN2. The maximum absolute atomic E-state index is 5.76. The van der Waals surface area contributed by atoms with Crippen LogP contribution < -0.4 is 4.90 Å². The first kappa shape index (κ1) is 9.78. The van der Waals surface area contributed by atoms with Gasteiger partial charge < -0.3 is 4.90 Å². The van der Waals surface area contributed by atoms with Gasteiger partial charge >= 0.3 is 0 Å². The van der Waals surface area contributed by atoms with Crippen LogP contribution in [0.3, 0.4) is 0 Å². The van der Waals surface area contributed by atoms with Gasteiger partial charge in [-0.2, -0.15) is 0 Å². The second-order valence-corrected chi connectivity index (χ2v) is 3.94. The zero-order valence-electron chi connectivity index (χ0n) is 8.25. The molecule has 0 amide bonds. The van der Waals surface area contributed by atoms with E-state index in [-0.39, 0.29) is 0 Å². The van der Waals surface area contributed by atoms with E-state index < -0.39 is 0 Å². The highest BCUT2D eigenvalue weighted by Gasteiger charge is 2.11. The minimum absolute atomic E-state index is 0.502. The van der Waals surface area contributed by atoms with Crippen LogP contribution in [0.1, 0.15) is 25.0 Å². The number of nitrogens with zero attached hydrogens (tertiary/aromatic N) is 2. The van der Waals surface area contributed by atoms with Crippen molar-refractivity contribution < 1.29 is 0 Å². The van der Waals surface area contributed by atoms with E-state index in [1.165, 1.54) is 19.3 Å². The molecule has 14 heavy (non-hydrogen) atoms. The maximum Gasteiger partial charge on any atom is 0.128 e. The van der Waals surface area contributed by atoms with Gasteiger partial charge in [-0.25, -0.2) is 4.98 Å². The van der Waals surface area contributed by atoms with Crippen LogP contribution in [0.4, 0.5) is 5.82 Å². The Hall–Kier alpha value is -0.760. The predicted octanol–water partition coefficient (Wildman–Crippen LogP) is 2.81. The molecule has 2 heterocycles. The first-order valence-electron chi connectivity index (χ1n) is 5.17. The van der Waals surface area contributed by atoms with Crippen molar-refractivity contribution in [3.8, 4) is 0 Å². The lowest BCUT2D eigenvalue weighted by Crippen LogP contribution is -2.30. The SMILES string of the molecule is ClCc1cccc(N2CCCCC2)n1. The van der Waals surface area contributed by atoms with Gasteiger partial charge in [0.2, 0.25) is 0 Å². The van der Waals surface area contributed by atoms with Crippen molar-refractivity contribution in [1.29, 1.82) is 0 Å². The van der Waals surface area contributed by atoms with Crippen molar-refractivity contribution in [3.63, 3.8) is 0 Å². The van der Waals surface area contributed by atoms with Gasteiger partial charge in [-0.3, -0.25) is 0 Å². The van der Waals surface area contributed by atoms with Gasteiger partial charge in [0.1, 0.15) is 5.82 Å². The molecule has 76 valence electrons. The van der Waals surface area contributed by atoms with Crippen molar-refractivity contribution >= 4 is 17.4 Å². The van der Waals surface area contributed by atoms with Crippen LogP contribution in [0.2, 0.25) is 0 Å². The summed E-state index contributed by atoms with van der Waals surface area (Å²) in [6.45, 7) is 2.28. The molecule has 0 bridgehead atoms. The van der Waals surface area contributed by atoms with Gasteiger partial charge in [-0.1, -0.05) is 6.07 Å². The Labute approximate surface area is 89.9 Å². The molecule has 1 aromatic rings. The van der Waals surface area contributed by atoms with E-state index in [1.807, 2.05) is 12.1 Å². The van der Waals surface area contributed by atoms with Crippen LogP contribution in [0.25, 0.3) is 0 Å². The molecule has 1 aromatic heterocycles. The molecule has 1 aliphatic rings. The number of piperidine rings is 1. The fourth-order valence-corrected chi connectivity index (χ4v) is 1.99. The summed E-state index contributed by atoms with van der Waals surface area (Å²) in [6.07, 6.45) is 3.92. The molecule has 0 aromatic carbocycles. The van der Waals surface area contributed by atoms with E-state index in [1.54, 1.807) is 0 Å². The number of anilines is 1. The Kier molecular flexibility index (Phi) is 3.25. The Balaban J connectivity index is 2.13. The number of aromatic nitrogens is 1. The zero-order valence-corrected chi connectivity index (χ0v) is 9.00. The third-order valence-electron chi connectivity index (χ3n) is 2.61. The number of hydrogen-bond donors (Lipinski definition) is 0. The second-order valence-electron chi connectivity index (χ2n) is 3.67. The summed E-state index contributed by atoms with van der Waals surface area (Å²) in [5, 5.41) is 0. The van der Waals surface area contributed by atoms with Crippen molar-refractivity contribution in [1.82, 2.24) is 4.98 Å². The largest absolute Gasteiger partial charge is 0.357 e. The molecule has 2 nitrogen and oxygen atoms in total. The van der Waals surface area contributed by atoms with E-state index in [2.05, 4.69) is 16.0 Å². The molecule has 0 atom stereocenters. The average molecular weight is 211 g/mol. The zero-order chi connectivity index (χ0) is 9.80. The van der Waals surface area contributed by atoms with Gasteiger partial charge in [0.25, 0.3) is 0 Å². The number of rotatable bonds is 2. The number of pyridine rings is 1. The molecule has 0 saturated carbocycles. The molecule has 0 unspecified atom stereocenters. The van der Waals surface area contributed by atoms with Crippen molar-refractivity contribution in [2.75, 3.05) is 18.0 Å². The standard InChI is InChI=1S/C11H15ClN2/c12-9-10-5-4-6-11(13-10)14-7-2-1-3-8-14/h4-6H,1-3,7-9H2. The lowest BCUT2D eigenvalue weighted by atomic mass is 10.1. The molecule has 1 fully saturated rings. The van der Waals surface area contributed by atoms with Crippen LogP contribution in [0.5, 0.6) is 0 Å². The van der Waals surface area contributed by atoms with Crippen molar-refractivity contribution in [3.05, 3.63) is 23.9 Å². The summed E-state index contributed by atoms with van der Waals surface area (Å²) in [6, 6.07) is 6.08. The summed E-state index contributed by atoms with van der Waals surface area (Å²) < 4.78 is 0. The van der Waals surface area contributed by atoms with E-state index in [9.17, 15) is 0 Å². The highest BCUT2D eigenvalue weighted by Crippen LogP contribution is 2.17. The lowest BCUT2D eigenvalue weighted by molar-refractivity contribution is 0.573. The summed E-state index contributed by atoms with van der Waals surface area (Å²) in [7, 11) is 0. The summed E-state index contributed by atoms with van der Waals surface area (Å²) in [5.41, 5.74) is 0.967. The summed E-state index contributed by atoms with van der Waals surface area (Å²) in [4.78, 5) is 6.86. The number of halogens is 1. The molecule has 1 aliphatic heterocycles. The maximum atomic E-state index is 5.76. The predicted molar refractivity (Wildman–Crippen MR) is 59.9 cm³/mol. The molecule has 2 rings (SSSR count). The minimum Gasteiger partial charge on any atom is -0.357 e. The normalized spacial score (nSPS) is 17.1. The van der Waals surface area contributed by atoms with Gasteiger partial charge in [0, 0.05) is 13.1 Å². The number of hydrogen-bond acceptors (Lipinski definition) is 2. The lowest BCUT2D eigenvalue weighted by Gasteiger charge is -2.27. The van der Waals surface area contributed by atoms with Crippen LogP contribution in [-0.4, -0.2) is 18.1 Å². The molecule has 0 radical (unpaired) electrons. The van der Waals surface area contributed by atoms with E-state index in [0.29, 0.717) is 5.88 Å². The smallest absolute Gasteiger partial charge is 0.128 e. The highest BCUT2D eigenvalue weighted by molar-refractivity contribution is 6.16. The second kappa shape index (κ2) is 4.65. The highest BCUT2D eigenvalue weighted by atomic mass is 35.5. The first-order chi connectivity index (χ1) is 6.90. The minimum atomic E-state index is 0.502. The molecule has 0 aliphatic carbocycles. The monoisotopic (exact) mass is 210 g/mol. The molecule has 0 spiro atoms. The molecule has 1 saturated heterocycles. The Bertz CT molecular complexity index is 295. The van der Waals surface area contributed by atoms with Crippen molar-refractivity contribution in [2.24, 2.45) is 0 Å². The first-order valence-corrected chi connectivity index (χ1v) is 5.70. The summed E-state index contributed by atoms with van der Waals surface area (Å²) in [5.74, 6) is 1.59. The van der Waals surface area contributed by atoms with Crippen LogP contribution in [-0.2, 0) is 5.88 Å². The molecule has 3 heteroatoms. The Morgan fingerprint density at radius 3 is 2.71 bits per heavy atom. The third-order valence-corrected chi connectivity index (χ3v) is 2.88. The third kappa shape index (κ3) is 2.18. The van der Waals surface area contributed by atoms with Crippen molar-refractivity contribution in [2.45, 2.75) is 25.1 Å². The molecule has 0 N–H and O–H groups in total. The van der Waals surface area contributed by atoms with Crippen LogP contribution >= 0.6 is 11.6 Å². The number of alkyl halides is 1. The van der Waals surface area contributed by atoms with Gasteiger partial charge in [-0.15, -0.1) is 11.6 Å². The fraction of sp³-hybridized carbons (Fsp3) is 0.545. The fourth-order valence-electron chi connectivity index (χ4n) is 1.84. The molecular weight excluding hydrogens is 196 g/mol. The van der Waals surface area contributed by atoms with Crippen LogP contribution in [0.15, 0.2) is 18.2 Å². The van der Waals surface area contributed by atoms with Crippen LogP contribution in [0, 0.1) is 0 Å². The quantitative estimate of drug-likeness (QED) is 0.698. The van der Waals surface area contributed by atoms with Gasteiger partial charge in [-0.05, 0) is 31.4 Å². The van der Waals surface area contributed by atoms with Gasteiger partial charge in [0.05, 0.1) is 11.6 Å². The van der Waals surface area contributed by atoms with Gasteiger partial charge in [0.15, 0.2) is 0 Å². The van der Waals surface area contributed by atoms with E-state index in [4.69, 9.17) is 11.6 Å². The van der Waals surface area contributed by atoms with E-state index in [0.717, 1.165) is 24.6 Å². The Morgan fingerprint density at radius 1 is 1.21 bits per heavy atom. The average Bonchev–Trinajstić information content (AvgIpc) is 2.30. The Morgan fingerprint density at radius 2 is 2.00 bits per heavy atom. The summed E-state index contributed by atoms with van der Waals surface area (Å²) >= 11 is 5.76. The topological polar surface area (TPSA) is 16.1 Å². The van der Waals surface area contributed by atoms with E-state index >= 15 is 0 Å².